The fourth-order valence-electron chi connectivity index (χ4n) is 1.26. The number of aromatic nitrogens is 1. The average Bonchev–Trinajstić information content (AvgIpc) is 2.81. The Labute approximate surface area is 97.6 Å². The summed E-state index contributed by atoms with van der Waals surface area (Å²) in [6, 6.07) is 12.1. The minimum absolute atomic E-state index is 0.0139. The van der Waals surface area contributed by atoms with Gasteiger partial charge in [0.05, 0.1) is 16.8 Å². The Hall–Kier alpha value is -1.68. The molecule has 0 unspecified atom stereocenters. The number of para-hydroxylation sites is 1. The minimum atomic E-state index is -0.0139. The van der Waals surface area contributed by atoms with E-state index in [1.807, 2.05) is 30.5 Å². The average molecular weight is 230 g/mol. The van der Waals surface area contributed by atoms with Gasteiger partial charge in [-0.2, -0.15) is 0 Å². The number of nitrogens with zero attached hydrogens (tertiary/aromatic N) is 2. The number of carbonyl (C=O) groups excluding carboxylic acids is 1. The first-order valence-electron chi connectivity index (χ1n) is 4.83. The highest BCUT2D eigenvalue weighted by molar-refractivity contribution is 8.13. The number of hydrogen-bond donors (Lipinski definition) is 0. The number of pyridine rings is 1. The highest BCUT2D eigenvalue weighted by Crippen LogP contribution is 2.07. The SMILES string of the molecule is O=C1CSC=N1.c1ccc2ncccc2c1. The van der Waals surface area contributed by atoms with Gasteiger partial charge in [-0.1, -0.05) is 24.3 Å². The van der Waals surface area contributed by atoms with Gasteiger partial charge in [-0.3, -0.25) is 9.78 Å². The van der Waals surface area contributed by atoms with Crippen molar-refractivity contribution in [3.8, 4) is 0 Å². The Balaban J connectivity index is 0.000000138. The van der Waals surface area contributed by atoms with Crippen molar-refractivity contribution in [1.29, 1.82) is 0 Å². The number of rotatable bonds is 0. The molecule has 0 bridgehead atoms. The first-order chi connectivity index (χ1) is 7.86. The van der Waals surface area contributed by atoms with Crippen LogP contribution in [0, 0.1) is 0 Å². The number of aliphatic imine (C=N–C) groups is 1. The third kappa shape index (κ3) is 2.90. The molecule has 0 fully saturated rings. The molecule has 0 spiro atoms. The molecule has 4 heteroatoms. The van der Waals surface area contributed by atoms with Gasteiger partial charge >= 0.3 is 0 Å². The molecule has 0 atom stereocenters. The molecule has 1 aliphatic heterocycles. The van der Waals surface area contributed by atoms with Crippen molar-refractivity contribution in [2.75, 3.05) is 5.75 Å². The second-order valence-electron chi connectivity index (χ2n) is 3.14. The summed E-state index contributed by atoms with van der Waals surface area (Å²) < 4.78 is 0. The number of fused-ring (bicyclic) bond motifs is 1. The molecular weight excluding hydrogens is 220 g/mol. The smallest absolute Gasteiger partial charge is 0.256 e. The normalized spacial score (nSPS) is 13.6. The van der Waals surface area contributed by atoms with E-state index in [0.717, 1.165) is 5.52 Å². The van der Waals surface area contributed by atoms with Crippen molar-refractivity contribution in [1.82, 2.24) is 4.98 Å². The monoisotopic (exact) mass is 230 g/mol. The number of benzene rings is 1. The van der Waals surface area contributed by atoms with Crippen LogP contribution in [0.3, 0.4) is 0 Å². The van der Waals surface area contributed by atoms with Crippen LogP contribution >= 0.6 is 11.8 Å². The van der Waals surface area contributed by atoms with Gasteiger partial charge in [0, 0.05) is 11.6 Å². The largest absolute Gasteiger partial charge is 0.272 e. The fraction of sp³-hybridized carbons (Fsp3) is 0.0833. The van der Waals surface area contributed by atoms with Gasteiger partial charge in [0.2, 0.25) is 0 Å². The van der Waals surface area contributed by atoms with Crippen molar-refractivity contribution in [2.24, 2.45) is 4.99 Å². The van der Waals surface area contributed by atoms with Crippen molar-refractivity contribution >= 4 is 34.1 Å². The lowest BCUT2D eigenvalue weighted by atomic mass is 10.2. The summed E-state index contributed by atoms with van der Waals surface area (Å²) in [5.41, 5.74) is 2.63. The van der Waals surface area contributed by atoms with Gasteiger partial charge in [-0.15, -0.1) is 11.8 Å². The van der Waals surface area contributed by atoms with Crippen LogP contribution in [0.25, 0.3) is 10.9 Å². The second-order valence-corrected chi connectivity index (χ2v) is 3.97. The lowest BCUT2D eigenvalue weighted by Gasteiger charge is -1.91. The molecule has 1 aliphatic rings. The second kappa shape index (κ2) is 5.42. The number of hydrogen-bond acceptors (Lipinski definition) is 3. The van der Waals surface area contributed by atoms with E-state index in [1.165, 1.54) is 17.1 Å². The third-order valence-electron chi connectivity index (χ3n) is 1.99. The third-order valence-corrected chi connectivity index (χ3v) is 2.66. The van der Waals surface area contributed by atoms with Crippen LogP contribution in [0.15, 0.2) is 47.6 Å². The first kappa shape index (κ1) is 10.8. The summed E-state index contributed by atoms with van der Waals surface area (Å²) in [5, 5.41) is 1.20. The standard InChI is InChI=1S/C9H7N.C3H3NOS/c1-2-6-9-8(4-1)5-3-7-10-9;5-3-1-6-2-4-3/h1-7H;2H,1H2. The summed E-state index contributed by atoms with van der Waals surface area (Å²) in [5.74, 6) is 0.528. The molecule has 1 aromatic carbocycles. The highest BCUT2D eigenvalue weighted by Gasteiger charge is 2.01. The maximum absolute atomic E-state index is 10.0. The van der Waals surface area contributed by atoms with E-state index in [9.17, 15) is 4.79 Å². The predicted molar refractivity (Wildman–Crippen MR) is 67.7 cm³/mol. The summed E-state index contributed by atoms with van der Waals surface area (Å²) in [7, 11) is 0. The van der Waals surface area contributed by atoms with Crippen molar-refractivity contribution in [3.05, 3.63) is 42.6 Å². The van der Waals surface area contributed by atoms with Crippen LogP contribution in [0.4, 0.5) is 0 Å². The van der Waals surface area contributed by atoms with Crippen LogP contribution in [0.5, 0.6) is 0 Å². The molecule has 3 nitrogen and oxygen atoms in total. The molecule has 1 amide bonds. The Morgan fingerprint density at radius 1 is 1.12 bits per heavy atom. The molecule has 0 aliphatic carbocycles. The molecular formula is C12H10N2OS. The lowest BCUT2D eigenvalue weighted by molar-refractivity contribution is -0.115. The molecule has 0 radical (unpaired) electrons. The molecule has 3 rings (SSSR count). The van der Waals surface area contributed by atoms with Crippen LogP contribution < -0.4 is 0 Å². The van der Waals surface area contributed by atoms with Gasteiger partial charge in [0.1, 0.15) is 0 Å². The highest BCUT2D eigenvalue weighted by atomic mass is 32.2. The van der Waals surface area contributed by atoms with E-state index < -0.39 is 0 Å². The molecule has 0 saturated carbocycles. The Morgan fingerprint density at radius 3 is 2.56 bits per heavy atom. The van der Waals surface area contributed by atoms with E-state index in [-0.39, 0.29) is 5.91 Å². The molecule has 0 N–H and O–H groups in total. The van der Waals surface area contributed by atoms with Gasteiger partial charge in [-0.25, -0.2) is 4.99 Å². The van der Waals surface area contributed by atoms with Crippen molar-refractivity contribution in [3.63, 3.8) is 0 Å². The van der Waals surface area contributed by atoms with Crippen LogP contribution in [0.2, 0.25) is 0 Å². The van der Waals surface area contributed by atoms with E-state index >= 15 is 0 Å². The number of carbonyl (C=O) groups is 1. The Morgan fingerprint density at radius 2 is 1.94 bits per heavy atom. The Kier molecular flexibility index (Phi) is 3.66. The molecule has 2 aromatic rings. The summed E-state index contributed by atoms with van der Waals surface area (Å²) >= 11 is 1.44. The topological polar surface area (TPSA) is 42.3 Å². The maximum atomic E-state index is 10.0. The summed E-state index contributed by atoms with van der Waals surface area (Å²) in [6.45, 7) is 0. The molecule has 80 valence electrons. The fourth-order valence-corrected chi connectivity index (χ4v) is 1.74. The summed E-state index contributed by atoms with van der Waals surface area (Å²) in [4.78, 5) is 17.6. The van der Waals surface area contributed by atoms with E-state index in [2.05, 4.69) is 22.1 Å². The predicted octanol–water partition coefficient (Wildman–Crippen LogP) is 2.52. The van der Waals surface area contributed by atoms with Gasteiger partial charge in [-0.05, 0) is 12.1 Å². The summed E-state index contributed by atoms with van der Waals surface area (Å²) in [6.07, 6.45) is 1.81. The van der Waals surface area contributed by atoms with Crippen molar-refractivity contribution < 1.29 is 4.79 Å². The van der Waals surface area contributed by atoms with Gasteiger partial charge in [0.25, 0.3) is 5.91 Å². The van der Waals surface area contributed by atoms with Crippen LogP contribution in [0.1, 0.15) is 0 Å². The Bertz CT molecular complexity index is 460. The number of amides is 1. The minimum Gasteiger partial charge on any atom is -0.272 e. The number of thioether (sulfide) groups is 1. The first-order valence-corrected chi connectivity index (χ1v) is 5.88. The van der Waals surface area contributed by atoms with Gasteiger partial charge in [0.15, 0.2) is 0 Å². The van der Waals surface area contributed by atoms with Gasteiger partial charge < -0.3 is 0 Å². The molecule has 1 aromatic heterocycles. The lowest BCUT2D eigenvalue weighted by Crippen LogP contribution is -1.86. The van der Waals surface area contributed by atoms with Crippen LogP contribution in [-0.4, -0.2) is 22.2 Å². The van der Waals surface area contributed by atoms with E-state index in [1.54, 1.807) is 5.55 Å². The quantitative estimate of drug-likeness (QED) is 0.698. The zero-order valence-electron chi connectivity index (χ0n) is 8.54. The zero-order chi connectivity index (χ0) is 11.2. The van der Waals surface area contributed by atoms with Crippen molar-refractivity contribution in [2.45, 2.75) is 0 Å². The van der Waals surface area contributed by atoms with Crippen LogP contribution in [-0.2, 0) is 4.79 Å². The molecule has 2 heterocycles. The maximum Gasteiger partial charge on any atom is 0.256 e. The molecule has 0 saturated heterocycles. The van der Waals surface area contributed by atoms with E-state index in [0.29, 0.717) is 5.75 Å². The zero-order valence-corrected chi connectivity index (χ0v) is 9.35. The molecule has 16 heavy (non-hydrogen) atoms. The van der Waals surface area contributed by atoms with E-state index in [4.69, 9.17) is 0 Å².